The Balaban J connectivity index is 1.10. The van der Waals surface area contributed by atoms with Crippen molar-refractivity contribution in [2.45, 2.75) is 77.8 Å². The van der Waals surface area contributed by atoms with Gasteiger partial charge in [0.15, 0.2) is 0 Å². The molecule has 11 rings (SSSR count). The summed E-state index contributed by atoms with van der Waals surface area (Å²) in [4.78, 5) is 7.74. The first-order chi connectivity index (χ1) is 29.7. The second-order valence-corrected chi connectivity index (χ2v) is 19.5. The highest BCUT2D eigenvalue weighted by atomic mass is 15.2. The molecule has 0 saturated heterocycles. The Morgan fingerprint density at radius 3 is 2.31 bits per heavy atom. The van der Waals surface area contributed by atoms with Crippen LogP contribution in [0.25, 0.3) is 16.8 Å². The number of allylic oxidation sites excluding steroid dienone is 8. The second kappa shape index (κ2) is 14.8. The van der Waals surface area contributed by atoms with E-state index < -0.39 is 0 Å². The molecule has 0 amide bonds. The summed E-state index contributed by atoms with van der Waals surface area (Å²) >= 11 is 0. The number of anilines is 3. The van der Waals surface area contributed by atoms with Gasteiger partial charge in [-0.15, -0.1) is 0 Å². The maximum Gasteiger partial charge on any atom is 0.0628 e. The molecule has 1 N–H and O–H groups in total. The molecule has 0 spiro atoms. The SMILES string of the molecule is CNc1ccc(N(C2=Cc3ccccc3CC2)C2C=C(C)C3=C4C5=C(CC3)C(N(C3=CCC(N(C)C)C=C3)c3ccc6ccccc6c3)=CC3CCC(C)(C)C(=CC42)C53)cc1. The number of hydrogen-bond acceptors (Lipinski definition) is 4. The molecule has 0 aromatic heterocycles. The third kappa shape index (κ3) is 6.35. The van der Waals surface area contributed by atoms with Crippen LogP contribution in [-0.4, -0.2) is 38.1 Å². The number of fused-ring (bicyclic) bond motifs is 2. The second-order valence-electron chi connectivity index (χ2n) is 19.5. The molecule has 308 valence electrons. The summed E-state index contributed by atoms with van der Waals surface area (Å²) < 4.78 is 0. The number of nitrogens with zero attached hydrogens (tertiary/aromatic N) is 3. The Bertz CT molecular complexity index is 2710. The van der Waals surface area contributed by atoms with Crippen molar-refractivity contribution < 1.29 is 0 Å². The molecule has 5 unspecified atom stereocenters. The van der Waals surface area contributed by atoms with Crippen molar-refractivity contribution in [2.24, 2.45) is 23.2 Å². The van der Waals surface area contributed by atoms with Gasteiger partial charge in [0.1, 0.15) is 0 Å². The lowest BCUT2D eigenvalue weighted by Crippen LogP contribution is -2.48. The molecule has 0 radical (unpaired) electrons. The number of rotatable bonds is 8. The average Bonchev–Trinajstić information content (AvgIpc) is 3.28. The molecule has 4 nitrogen and oxygen atoms in total. The van der Waals surface area contributed by atoms with Gasteiger partial charge in [0, 0.05) is 59.1 Å². The highest BCUT2D eigenvalue weighted by molar-refractivity contribution is 5.87. The molecule has 1 fully saturated rings. The molecule has 0 aliphatic heterocycles. The summed E-state index contributed by atoms with van der Waals surface area (Å²) in [5.41, 5.74) is 20.4. The molecule has 4 aromatic rings. The Kier molecular flexibility index (Phi) is 9.31. The zero-order valence-electron chi connectivity index (χ0n) is 36.9. The van der Waals surface area contributed by atoms with Gasteiger partial charge in [-0.1, -0.05) is 104 Å². The van der Waals surface area contributed by atoms with Gasteiger partial charge < -0.3 is 20.0 Å². The van der Waals surface area contributed by atoms with E-state index >= 15 is 0 Å². The monoisotopic (exact) mass is 800 g/mol. The first-order valence-electron chi connectivity index (χ1n) is 23.0. The summed E-state index contributed by atoms with van der Waals surface area (Å²) in [5, 5.41) is 5.95. The molecule has 5 atom stereocenters. The van der Waals surface area contributed by atoms with E-state index in [-0.39, 0.29) is 17.4 Å². The van der Waals surface area contributed by atoms with Crippen molar-refractivity contribution >= 4 is 33.9 Å². The fraction of sp³-hybridized carbons (Fsp3) is 0.333. The van der Waals surface area contributed by atoms with Gasteiger partial charge in [0.05, 0.1) is 6.04 Å². The van der Waals surface area contributed by atoms with Gasteiger partial charge in [0.2, 0.25) is 0 Å². The van der Waals surface area contributed by atoms with Crippen molar-refractivity contribution in [3.05, 3.63) is 189 Å². The fourth-order valence-electron chi connectivity index (χ4n) is 12.2. The summed E-state index contributed by atoms with van der Waals surface area (Å²) in [6.45, 7) is 7.51. The lowest BCUT2D eigenvalue weighted by Gasteiger charge is -2.55. The number of hydrogen-bond donors (Lipinski definition) is 1. The average molecular weight is 801 g/mol. The zero-order valence-corrected chi connectivity index (χ0v) is 36.9. The Morgan fingerprint density at radius 2 is 1.52 bits per heavy atom. The largest absolute Gasteiger partial charge is 0.388 e. The predicted octanol–water partition coefficient (Wildman–Crippen LogP) is 13.2. The first-order valence-corrected chi connectivity index (χ1v) is 23.0. The van der Waals surface area contributed by atoms with Crippen LogP contribution in [0.1, 0.15) is 70.4 Å². The van der Waals surface area contributed by atoms with Crippen molar-refractivity contribution in [3.8, 4) is 0 Å². The Labute approximate surface area is 363 Å². The summed E-state index contributed by atoms with van der Waals surface area (Å²) in [6.07, 6.45) is 25.7. The minimum absolute atomic E-state index is 0.130. The van der Waals surface area contributed by atoms with Crippen LogP contribution >= 0.6 is 0 Å². The lowest BCUT2D eigenvalue weighted by molar-refractivity contribution is 0.239. The van der Waals surface area contributed by atoms with Gasteiger partial charge >= 0.3 is 0 Å². The van der Waals surface area contributed by atoms with Gasteiger partial charge in [-0.3, -0.25) is 0 Å². The predicted molar refractivity (Wildman–Crippen MR) is 257 cm³/mol. The molecular formula is C57H60N4. The smallest absolute Gasteiger partial charge is 0.0628 e. The van der Waals surface area contributed by atoms with Crippen molar-refractivity contribution in [1.82, 2.24) is 4.90 Å². The molecule has 0 heterocycles. The van der Waals surface area contributed by atoms with Crippen LogP contribution in [0.3, 0.4) is 0 Å². The number of benzene rings is 4. The van der Waals surface area contributed by atoms with E-state index in [9.17, 15) is 0 Å². The van der Waals surface area contributed by atoms with E-state index in [0.717, 1.165) is 37.8 Å². The quantitative estimate of drug-likeness (QED) is 0.179. The topological polar surface area (TPSA) is 21.8 Å². The third-order valence-electron chi connectivity index (χ3n) is 15.4. The maximum absolute atomic E-state index is 3.38. The maximum atomic E-state index is 3.38. The summed E-state index contributed by atoms with van der Waals surface area (Å²) in [5.74, 6) is 1.13. The lowest BCUT2D eigenvalue weighted by atomic mass is 9.51. The highest BCUT2D eigenvalue weighted by Gasteiger charge is 2.52. The summed E-state index contributed by atoms with van der Waals surface area (Å²) in [6, 6.07) is 34.8. The van der Waals surface area contributed by atoms with Gasteiger partial charge in [0.25, 0.3) is 0 Å². The minimum Gasteiger partial charge on any atom is -0.388 e. The van der Waals surface area contributed by atoms with Crippen molar-refractivity contribution in [3.63, 3.8) is 0 Å². The van der Waals surface area contributed by atoms with Crippen LogP contribution in [0.4, 0.5) is 17.1 Å². The van der Waals surface area contributed by atoms with E-state index in [1.165, 1.54) is 68.8 Å². The molecule has 4 aromatic carbocycles. The molecule has 7 aliphatic carbocycles. The summed E-state index contributed by atoms with van der Waals surface area (Å²) in [7, 11) is 6.41. The number of likely N-dealkylation sites (N-methyl/N-ethyl adjacent to an activating group) is 1. The fourth-order valence-corrected chi connectivity index (χ4v) is 12.2. The van der Waals surface area contributed by atoms with E-state index in [0.29, 0.717) is 17.9 Å². The van der Waals surface area contributed by atoms with E-state index in [1.807, 2.05) is 7.05 Å². The van der Waals surface area contributed by atoms with E-state index in [2.05, 4.69) is 188 Å². The number of nitrogens with one attached hydrogen (secondary N) is 1. The molecule has 61 heavy (non-hydrogen) atoms. The minimum atomic E-state index is 0.130. The van der Waals surface area contributed by atoms with Crippen LogP contribution in [0, 0.1) is 23.2 Å². The Morgan fingerprint density at radius 1 is 0.754 bits per heavy atom. The van der Waals surface area contributed by atoms with E-state index in [4.69, 9.17) is 0 Å². The van der Waals surface area contributed by atoms with Gasteiger partial charge in [-0.05, 0) is 176 Å². The molecule has 7 aliphatic rings. The van der Waals surface area contributed by atoms with Crippen molar-refractivity contribution in [2.75, 3.05) is 36.3 Å². The van der Waals surface area contributed by atoms with Crippen LogP contribution in [0.2, 0.25) is 0 Å². The van der Waals surface area contributed by atoms with Gasteiger partial charge in [-0.2, -0.15) is 0 Å². The van der Waals surface area contributed by atoms with Crippen LogP contribution in [-0.2, 0) is 6.42 Å². The van der Waals surface area contributed by atoms with Crippen LogP contribution in [0.5, 0.6) is 0 Å². The number of aryl methyl sites for hydroxylation is 1. The normalized spacial score (nSPS) is 25.8. The van der Waals surface area contributed by atoms with Gasteiger partial charge in [-0.25, -0.2) is 0 Å². The zero-order chi connectivity index (χ0) is 41.6. The standard InChI is InChI=1S/C57H60N4/c1-36-31-52(60(44-21-17-42(58-4)18-22-44)46-19-15-37-11-7-9-13-39(37)32-46)50-35-51-54-41(29-30-57(51,2)3)34-53(49-28-27-48(36)55(50)56(49)54)61(45-25-23-43(24-26-45)59(5)6)47-20-16-38-12-8-10-14-40(38)33-47/h7-14,16-18,20-23,25-26,31-35,41,43,50,52,54,58H,15,19,24,27-30H2,1-6H3. The van der Waals surface area contributed by atoms with Crippen LogP contribution in [0.15, 0.2) is 178 Å². The molecular weight excluding hydrogens is 741 g/mol. The van der Waals surface area contributed by atoms with Crippen molar-refractivity contribution in [1.29, 1.82) is 0 Å². The molecule has 4 heteroatoms. The van der Waals surface area contributed by atoms with E-state index in [1.54, 1.807) is 27.9 Å². The third-order valence-corrected chi connectivity index (χ3v) is 15.4. The highest BCUT2D eigenvalue weighted by Crippen LogP contribution is 2.63. The Hall–Kier alpha value is -5.58. The molecule has 0 bridgehead atoms. The molecule has 1 saturated carbocycles. The first kappa shape index (κ1) is 38.3. The van der Waals surface area contributed by atoms with Crippen LogP contribution < -0.4 is 15.1 Å².